The van der Waals surface area contributed by atoms with Crippen LogP contribution >= 0.6 is 0 Å². The van der Waals surface area contributed by atoms with Gasteiger partial charge in [-0.3, -0.25) is 25.2 Å². The second kappa shape index (κ2) is 8.79. The predicted octanol–water partition coefficient (Wildman–Crippen LogP) is 0.226. The van der Waals surface area contributed by atoms with Crippen LogP contribution in [-0.4, -0.2) is 37.6 Å². The van der Waals surface area contributed by atoms with Crippen molar-refractivity contribution in [3.05, 3.63) is 35.9 Å². The van der Waals surface area contributed by atoms with Crippen molar-refractivity contribution in [2.45, 2.75) is 32.2 Å². The van der Waals surface area contributed by atoms with E-state index in [0.29, 0.717) is 6.42 Å². The van der Waals surface area contributed by atoms with Crippen LogP contribution in [-0.2, 0) is 24.2 Å². The first-order valence-corrected chi connectivity index (χ1v) is 10.2. The first kappa shape index (κ1) is 19.9. The van der Waals surface area contributed by atoms with Crippen LogP contribution in [0, 0.1) is 5.92 Å². The minimum atomic E-state index is -3.04. The quantitative estimate of drug-likeness (QED) is 0.609. The van der Waals surface area contributed by atoms with Crippen LogP contribution in [0.2, 0.25) is 0 Å². The summed E-state index contributed by atoms with van der Waals surface area (Å²) in [6.45, 7) is 1.37. The Kier molecular flexibility index (Phi) is 6.73. The van der Waals surface area contributed by atoms with Crippen molar-refractivity contribution in [3.63, 3.8) is 0 Å². The molecule has 0 aliphatic carbocycles. The number of carbonyl (C=O) groups is 3. The Bertz CT molecular complexity index is 764. The molecule has 3 amide bonds. The number of amides is 3. The van der Waals surface area contributed by atoms with Crippen molar-refractivity contribution in [1.82, 2.24) is 16.2 Å². The summed E-state index contributed by atoms with van der Waals surface area (Å²) >= 11 is 0. The van der Waals surface area contributed by atoms with Crippen molar-refractivity contribution in [2.75, 3.05) is 11.5 Å². The van der Waals surface area contributed by atoms with Gasteiger partial charge >= 0.3 is 0 Å². The summed E-state index contributed by atoms with van der Waals surface area (Å²) in [7, 11) is -3.04. The average molecular weight is 381 g/mol. The third-order valence-electron chi connectivity index (χ3n) is 4.11. The third-order valence-corrected chi connectivity index (χ3v) is 5.95. The molecular formula is C17H23N3O5S. The Balaban J connectivity index is 1.82. The largest absolute Gasteiger partial charge is 0.349 e. The van der Waals surface area contributed by atoms with Crippen LogP contribution in [0.25, 0.3) is 0 Å². The summed E-state index contributed by atoms with van der Waals surface area (Å²) in [5.41, 5.74) is 5.39. The molecule has 0 saturated carbocycles. The van der Waals surface area contributed by atoms with Crippen molar-refractivity contribution in [2.24, 2.45) is 5.92 Å². The molecule has 3 N–H and O–H groups in total. The van der Waals surface area contributed by atoms with Crippen molar-refractivity contribution in [1.29, 1.82) is 0 Å². The van der Waals surface area contributed by atoms with E-state index in [2.05, 4.69) is 16.2 Å². The Labute approximate surface area is 152 Å². The monoisotopic (exact) mass is 381 g/mol. The molecule has 2 rings (SSSR count). The van der Waals surface area contributed by atoms with Gasteiger partial charge in [0.05, 0.1) is 24.0 Å². The minimum Gasteiger partial charge on any atom is -0.349 e. The fourth-order valence-electron chi connectivity index (χ4n) is 2.90. The van der Waals surface area contributed by atoms with Crippen LogP contribution in [0.4, 0.5) is 0 Å². The SMILES string of the molecule is CC(=O)N[C@H](CC(=O)NNC(=O)C[C@H]1CCS(=O)(=O)C1)c1ccccc1. The number of hydrogen-bond acceptors (Lipinski definition) is 5. The van der Waals surface area contributed by atoms with Crippen LogP contribution in [0.3, 0.4) is 0 Å². The van der Waals surface area contributed by atoms with E-state index in [9.17, 15) is 22.8 Å². The highest BCUT2D eigenvalue weighted by Gasteiger charge is 2.29. The van der Waals surface area contributed by atoms with Gasteiger partial charge in [-0.15, -0.1) is 0 Å². The molecule has 1 saturated heterocycles. The Morgan fingerprint density at radius 3 is 2.35 bits per heavy atom. The number of benzene rings is 1. The summed E-state index contributed by atoms with van der Waals surface area (Å²) < 4.78 is 22.8. The van der Waals surface area contributed by atoms with Gasteiger partial charge in [0, 0.05) is 13.3 Å². The summed E-state index contributed by atoms with van der Waals surface area (Å²) in [6.07, 6.45) is 0.470. The third kappa shape index (κ3) is 6.47. The molecule has 1 heterocycles. The van der Waals surface area contributed by atoms with Gasteiger partial charge in [0.2, 0.25) is 17.7 Å². The van der Waals surface area contributed by atoms with Gasteiger partial charge < -0.3 is 5.32 Å². The molecule has 0 spiro atoms. The molecule has 0 unspecified atom stereocenters. The van der Waals surface area contributed by atoms with E-state index in [1.807, 2.05) is 6.07 Å². The Morgan fingerprint density at radius 2 is 1.77 bits per heavy atom. The molecule has 8 nitrogen and oxygen atoms in total. The Morgan fingerprint density at radius 1 is 1.12 bits per heavy atom. The molecule has 0 aromatic heterocycles. The number of hydrogen-bond donors (Lipinski definition) is 3. The molecule has 1 aromatic carbocycles. The van der Waals surface area contributed by atoms with Crippen LogP contribution in [0.1, 0.15) is 37.8 Å². The van der Waals surface area contributed by atoms with Gasteiger partial charge in [0.1, 0.15) is 0 Å². The second-order valence-electron chi connectivity index (χ2n) is 6.44. The second-order valence-corrected chi connectivity index (χ2v) is 8.67. The molecule has 1 aromatic rings. The first-order valence-electron chi connectivity index (χ1n) is 8.35. The molecule has 1 aliphatic heterocycles. The molecular weight excluding hydrogens is 358 g/mol. The zero-order chi connectivity index (χ0) is 19.2. The van der Waals surface area contributed by atoms with E-state index in [-0.39, 0.29) is 36.2 Å². The Hall–Kier alpha value is -2.42. The number of sulfone groups is 1. The van der Waals surface area contributed by atoms with Gasteiger partial charge in [-0.25, -0.2) is 8.42 Å². The fourth-order valence-corrected chi connectivity index (χ4v) is 4.77. The van der Waals surface area contributed by atoms with E-state index < -0.39 is 27.7 Å². The normalized spacial score (nSPS) is 19.3. The lowest BCUT2D eigenvalue weighted by Crippen LogP contribution is -2.43. The summed E-state index contributed by atoms with van der Waals surface area (Å²) in [5, 5.41) is 2.70. The molecule has 26 heavy (non-hydrogen) atoms. The minimum absolute atomic E-state index is 0.00692. The first-order chi connectivity index (χ1) is 12.2. The predicted molar refractivity (Wildman–Crippen MR) is 95.3 cm³/mol. The number of rotatable bonds is 6. The lowest BCUT2D eigenvalue weighted by atomic mass is 10.0. The zero-order valence-electron chi connectivity index (χ0n) is 14.5. The lowest BCUT2D eigenvalue weighted by Gasteiger charge is -2.18. The summed E-state index contributed by atoms with van der Waals surface area (Å²) in [5.74, 6) is -1.26. The molecule has 1 aliphatic rings. The molecule has 2 atom stereocenters. The van der Waals surface area contributed by atoms with Gasteiger partial charge in [-0.2, -0.15) is 0 Å². The maximum atomic E-state index is 12.1. The van der Waals surface area contributed by atoms with E-state index >= 15 is 0 Å². The van der Waals surface area contributed by atoms with Gasteiger partial charge in [0.25, 0.3) is 0 Å². The fraction of sp³-hybridized carbons (Fsp3) is 0.471. The highest BCUT2D eigenvalue weighted by molar-refractivity contribution is 7.91. The zero-order valence-corrected chi connectivity index (χ0v) is 15.3. The van der Waals surface area contributed by atoms with Crippen LogP contribution in [0.5, 0.6) is 0 Å². The molecule has 0 bridgehead atoms. The van der Waals surface area contributed by atoms with E-state index in [1.54, 1.807) is 24.3 Å². The summed E-state index contributed by atoms with van der Waals surface area (Å²) in [4.78, 5) is 35.3. The van der Waals surface area contributed by atoms with E-state index in [1.165, 1.54) is 6.92 Å². The van der Waals surface area contributed by atoms with Gasteiger partial charge in [0.15, 0.2) is 9.84 Å². The maximum absolute atomic E-state index is 12.1. The van der Waals surface area contributed by atoms with Crippen molar-refractivity contribution in [3.8, 4) is 0 Å². The highest BCUT2D eigenvalue weighted by Crippen LogP contribution is 2.21. The van der Waals surface area contributed by atoms with Gasteiger partial charge in [-0.05, 0) is 17.9 Å². The molecule has 0 radical (unpaired) electrons. The topological polar surface area (TPSA) is 121 Å². The summed E-state index contributed by atoms with van der Waals surface area (Å²) in [6, 6.07) is 8.53. The molecule has 1 fully saturated rings. The smallest absolute Gasteiger partial charge is 0.240 e. The number of carbonyl (C=O) groups excluding carboxylic acids is 3. The number of hydrazine groups is 1. The molecule has 142 valence electrons. The van der Waals surface area contributed by atoms with E-state index in [0.717, 1.165) is 5.56 Å². The van der Waals surface area contributed by atoms with Crippen LogP contribution in [0.15, 0.2) is 30.3 Å². The standard InChI is InChI=1S/C17H23N3O5S/c1-12(21)18-15(14-5-3-2-4-6-14)10-17(23)20-19-16(22)9-13-7-8-26(24,25)11-13/h2-6,13,15H,7-11H2,1H3,(H,18,21)(H,19,22)(H,20,23)/t13-,15-/m1/s1. The molecule has 9 heteroatoms. The van der Waals surface area contributed by atoms with Crippen molar-refractivity contribution >= 4 is 27.6 Å². The average Bonchev–Trinajstić information content (AvgIpc) is 2.91. The lowest BCUT2D eigenvalue weighted by molar-refractivity contribution is -0.130. The number of nitrogens with one attached hydrogen (secondary N) is 3. The van der Waals surface area contributed by atoms with Gasteiger partial charge in [-0.1, -0.05) is 30.3 Å². The van der Waals surface area contributed by atoms with Crippen LogP contribution < -0.4 is 16.2 Å². The van der Waals surface area contributed by atoms with Crippen molar-refractivity contribution < 1.29 is 22.8 Å². The highest BCUT2D eigenvalue weighted by atomic mass is 32.2. The van der Waals surface area contributed by atoms with E-state index in [4.69, 9.17) is 0 Å². The maximum Gasteiger partial charge on any atom is 0.240 e.